The van der Waals surface area contributed by atoms with Gasteiger partial charge in [0.15, 0.2) is 11.0 Å². The smallest absolute Gasteiger partial charge is 0.324 e. The standard InChI is InChI=1S/C18H23N5O3S/c1-12-5-4-6-14(11-12)15-20-21-18(22(15)9-10-26-3)27-13(2)16(24)23-8-7-19-17(23)25/h4-6,11,13H,7-10H2,1-3H3,(H,19,25). The molecule has 0 radical (unpaired) electrons. The molecular formula is C18H23N5O3S. The van der Waals surface area contributed by atoms with Crippen LogP contribution in [-0.2, 0) is 16.1 Å². The number of ether oxygens (including phenoxy) is 1. The minimum absolute atomic E-state index is 0.228. The summed E-state index contributed by atoms with van der Waals surface area (Å²) in [5, 5.41) is 11.5. The van der Waals surface area contributed by atoms with Gasteiger partial charge < -0.3 is 10.1 Å². The van der Waals surface area contributed by atoms with Crippen LogP contribution in [0.5, 0.6) is 0 Å². The number of nitrogens with zero attached hydrogens (tertiary/aromatic N) is 4. The summed E-state index contributed by atoms with van der Waals surface area (Å²) in [7, 11) is 1.64. The number of thioether (sulfide) groups is 1. The number of urea groups is 1. The van der Waals surface area contributed by atoms with Crippen molar-refractivity contribution in [2.45, 2.75) is 30.8 Å². The van der Waals surface area contributed by atoms with E-state index in [2.05, 4.69) is 15.5 Å². The van der Waals surface area contributed by atoms with Gasteiger partial charge in [-0.3, -0.25) is 14.3 Å². The molecule has 1 atom stereocenters. The van der Waals surface area contributed by atoms with E-state index in [-0.39, 0.29) is 11.9 Å². The number of aryl methyl sites for hydroxylation is 1. The number of rotatable bonds is 7. The van der Waals surface area contributed by atoms with Crippen LogP contribution in [0.25, 0.3) is 11.4 Å². The molecule has 1 unspecified atom stereocenters. The number of hydrogen-bond donors (Lipinski definition) is 1. The van der Waals surface area contributed by atoms with Gasteiger partial charge in [-0.2, -0.15) is 0 Å². The third-order valence-electron chi connectivity index (χ3n) is 4.26. The van der Waals surface area contributed by atoms with Crippen LogP contribution >= 0.6 is 11.8 Å². The Kier molecular flexibility index (Phi) is 6.12. The van der Waals surface area contributed by atoms with Crippen LogP contribution in [0.3, 0.4) is 0 Å². The molecule has 2 aromatic rings. The summed E-state index contributed by atoms with van der Waals surface area (Å²) in [4.78, 5) is 25.6. The third kappa shape index (κ3) is 4.30. The highest BCUT2D eigenvalue weighted by atomic mass is 32.2. The van der Waals surface area contributed by atoms with Crippen LogP contribution in [0.1, 0.15) is 12.5 Å². The van der Waals surface area contributed by atoms with Crippen LogP contribution in [0.15, 0.2) is 29.4 Å². The predicted molar refractivity (Wildman–Crippen MR) is 103 cm³/mol. The van der Waals surface area contributed by atoms with E-state index >= 15 is 0 Å². The van der Waals surface area contributed by atoms with Gasteiger partial charge in [-0.1, -0.05) is 35.5 Å². The Morgan fingerprint density at radius 3 is 2.89 bits per heavy atom. The Morgan fingerprint density at radius 2 is 2.22 bits per heavy atom. The molecule has 2 heterocycles. The predicted octanol–water partition coefficient (Wildman–Crippen LogP) is 1.93. The maximum atomic E-state index is 12.6. The Hall–Kier alpha value is -2.39. The molecule has 3 amide bonds. The Bertz CT molecular complexity index is 838. The fourth-order valence-corrected chi connectivity index (χ4v) is 3.80. The Labute approximate surface area is 162 Å². The molecule has 9 heteroatoms. The van der Waals surface area contributed by atoms with Crippen molar-refractivity contribution < 1.29 is 14.3 Å². The van der Waals surface area contributed by atoms with Crippen molar-refractivity contribution in [1.29, 1.82) is 0 Å². The summed E-state index contributed by atoms with van der Waals surface area (Å²) in [6.07, 6.45) is 0. The minimum atomic E-state index is -0.454. The molecule has 1 aliphatic heterocycles. The number of imide groups is 1. The molecule has 3 rings (SSSR count). The molecule has 8 nitrogen and oxygen atoms in total. The van der Waals surface area contributed by atoms with Crippen molar-refractivity contribution >= 4 is 23.7 Å². The fraction of sp³-hybridized carbons (Fsp3) is 0.444. The lowest BCUT2D eigenvalue weighted by molar-refractivity contribution is -0.126. The molecule has 1 aliphatic rings. The highest BCUT2D eigenvalue weighted by Gasteiger charge is 2.31. The number of benzene rings is 1. The van der Waals surface area contributed by atoms with E-state index in [0.29, 0.717) is 31.4 Å². The average molecular weight is 389 g/mol. The first-order valence-corrected chi connectivity index (χ1v) is 9.64. The Morgan fingerprint density at radius 1 is 1.41 bits per heavy atom. The maximum Gasteiger partial charge on any atom is 0.324 e. The van der Waals surface area contributed by atoms with Crippen molar-refractivity contribution in [1.82, 2.24) is 25.0 Å². The lowest BCUT2D eigenvalue weighted by atomic mass is 10.1. The van der Waals surface area contributed by atoms with Gasteiger partial charge in [0, 0.05) is 25.8 Å². The summed E-state index contributed by atoms with van der Waals surface area (Å²) in [5.74, 6) is 0.505. The van der Waals surface area contributed by atoms with E-state index in [4.69, 9.17) is 4.74 Å². The second-order valence-electron chi connectivity index (χ2n) is 6.30. The number of amides is 3. The average Bonchev–Trinajstić information content (AvgIpc) is 3.25. The van der Waals surface area contributed by atoms with Crippen molar-refractivity contribution in [3.8, 4) is 11.4 Å². The second-order valence-corrected chi connectivity index (χ2v) is 7.61. The number of nitrogens with one attached hydrogen (secondary N) is 1. The molecule has 0 saturated carbocycles. The number of carbonyl (C=O) groups is 2. The first-order valence-electron chi connectivity index (χ1n) is 8.76. The van der Waals surface area contributed by atoms with Crippen LogP contribution in [-0.4, -0.2) is 63.7 Å². The third-order valence-corrected chi connectivity index (χ3v) is 5.33. The molecule has 0 aliphatic carbocycles. The topological polar surface area (TPSA) is 89.4 Å². The van der Waals surface area contributed by atoms with Crippen molar-refractivity contribution in [3.63, 3.8) is 0 Å². The quantitative estimate of drug-likeness (QED) is 0.728. The molecular weight excluding hydrogens is 366 g/mol. The van der Waals surface area contributed by atoms with Gasteiger partial charge in [0.05, 0.1) is 18.4 Å². The monoisotopic (exact) mass is 389 g/mol. The fourth-order valence-electron chi connectivity index (χ4n) is 2.87. The van der Waals surface area contributed by atoms with Crippen LogP contribution in [0.4, 0.5) is 4.79 Å². The zero-order valence-electron chi connectivity index (χ0n) is 15.6. The number of hydrogen-bond acceptors (Lipinski definition) is 6. The van der Waals surface area contributed by atoms with Crippen LogP contribution in [0.2, 0.25) is 0 Å². The zero-order chi connectivity index (χ0) is 19.4. The molecule has 0 spiro atoms. The van der Waals surface area contributed by atoms with Gasteiger partial charge in [-0.15, -0.1) is 10.2 Å². The van der Waals surface area contributed by atoms with Gasteiger partial charge >= 0.3 is 6.03 Å². The summed E-state index contributed by atoms with van der Waals surface area (Å²) in [5.41, 5.74) is 2.09. The summed E-state index contributed by atoms with van der Waals surface area (Å²) < 4.78 is 7.17. The van der Waals surface area contributed by atoms with E-state index < -0.39 is 5.25 Å². The minimum Gasteiger partial charge on any atom is -0.383 e. The van der Waals surface area contributed by atoms with E-state index in [9.17, 15) is 9.59 Å². The van der Waals surface area contributed by atoms with Crippen molar-refractivity contribution in [2.75, 3.05) is 26.8 Å². The van der Waals surface area contributed by atoms with E-state index in [1.807, 2.05) is 35.8 Å². The van der Waals surface area contributed by atoms with Gasteiger partial charge in [-0.05, 0) is 19.9 Å². The molecule has 144 valence electrons. The van der Waals surface area contributed by atoms with Gasteiger partial charge in [-0.25, -0.2) is 4.79 Å². The second kappa shape index (κ2) is 8.53. The molecule has 1 fully saturated rings. The highest BCUT2D eigenvalue weighted by Crippen LogP contribution is 2.28. The van der Waals surface area contributed by atoms with Gasteiger partial charge in [0.25, 0.3) is 0 Å². The molecule has 1 N–H and O–H groups in total. The number of methoxy groups -OCH3 is 1. The zero-order valence-corrected chi connectivity index (χ0v) is 16.5. The van der Waals surface area contributed by atoms with Crippen molar-refractivity contribution in [3.05, 3.63) is 29.8 Å². The molecule has 1 saturated heterocycles. The first kappa shape index (κ1) is 19.4. The maximum absolute atomic E-state index is 12.6. The summed E-state index contributed by atoms with van der Waals surface area (Å²) >= 11 is 1.30. The molecule has 27 heavy (non-hydrogen) atoms. The van der Waals surface area contributed by atoms with Crippen LogP contribution < -0.4 is 5.32 Å². The number of aromatic nitrogens is 3. The Balaban J connectivity index is 1.84. The molecule has 1 aromatic heterocycles. The van der Waals surface area contributed by atoms with E-state index in [0.717, 1.165) is 17.0 Å². The lowest BCUT2D eigenvalue weighted by Gasteiger charge is -2.17. The normalized spacial score (nSPS) is 15.1. The molecule has 1 aromatic carbocycles. The van der Waals surface area contributed by atoms with E-state index in [1.54, 1.807) is 14.0 Å². The summed E-state index contributed by atoms with van der Waals surface area (Å²) in [6, 6.07) is 7.69. The van der Waals surface area contributed by atoms with Gasteiger partial charge in [0.1, 0.15) is 0 Å². The first-order chi connectivity index (χ1) is 13.0. The summed E-state index contributed by atoms with van der Waals surface area (Å²) in [6.45, 7) is 5.76. The van der Waals surface area contributed by atoms with Crippen molar-refractivity contribution in [2.24, 2.45) is 0 Å². The number of carbonyl (C=O) groups excluding carboxylic acids is 2. The van der Waals surface area contributed by atoms with Gasteiger partial charge in [0.2, 0.25) is 5.91 Å². The lowest BCUT2D eigenvalue weighted by Crippen LogP contribution is -2.39. The highest BCUT2D eigenvalue weighted by molar-refractivity contribution is 8.00. The largest absolute Gasteiger partial charge is 0.383 e. The SMILES string of the molecule is COCCn1c(SC(C)C(=O)N2CCNC2=O)nnc1-c1cccc(C)c1. The molecule has 0 bridgehead atoms. The van der Waals surface area contributed by atoms with Crippen LogP contribution in [0, 0.1) is 6.92 Å². The van der Waals surface area contributed by atoms with E-state index in [1.165, 1.54) is 16.7 Å².